The summed E-state index contributed by atoms with van der Waals surface area (Å²) in [6.07, 6.45) is 2.53. The summed E-state index contributed by atoms with van der Waals surface area (Å²) in [6.45, 7) is 5.23. The number of carbonyl (C=O) groups excluding carboxylic acids is 2. The standard InChI is InChI=1S/C36H41Cl2N3O8S/c1-36(2,3)32(35(44)45)49-23-11-9-10-21(18-23)20-48-39-33(42)30-24-12-5-6-13-25(24)34(43)41(31(30)26-17-16-22(37)19-27(26)38)29-15-8-7-14-28(29)40-50(4,46)47/h5-6,9-13,16-19,28-32,40H,7-8,14-15,20H2,1-4H3,(H,39,42)(H,44,45). The molecule has 1 aliphatic carbocycles. The van der Waals surface area contributed by atoms with Crippen molar-refractivity contribution in [1.82, 2.24) is 15.1 Å². The summed E-state index contributed by atoms with van der Waals surface area (Å²) in [4.78, 5) is 47.9. The number of hydrogen-bond acceptors (Lipinski definition) is 7. The SMILES string of the molecule is CC(C)(C)C(Oc1cccc(CONC(=O)C2c3ccccc3C(=O)N(C3CCCCC3NS(C)(=O)=O)C2c2ccc(Cl)cc2Cl)c1)C(=O)O. The average Bonchev–Trinajstić information content (AvgIpc) is 3.03. The number of benzene rings is 3. The van der Waals surface area contributed by atoms with Gasteiger partial charge in [-0.15, -0.1) is 0 Å². The predicted octanol–water partition coefficient (Wildman–Crippen LogP) is 6.26. The Morgan fingerprint density at radius 1 is 1.00 bits per heavy atom. The Hall–Kier alpha value is -3.68. The van der Waals surface area contributed by atoms with Crippen molar-refractivity contribution in [2.24, 2.45) is 5.41 Å². The first-order valence-electron chi connectivity index (χ1n) is 16.3. The highest BCUT2D eigenvalue weighted by atomic mass is 35.5. The molecule has 1 heterocycles. The number of aliphatic carboxylic acids is 1. The number of carboxylic acids is 1. The second-order valence-corrected chi connectivity index (χ2v) is 16.5. The average molecular weight is 747 g/mol. The van der Waals surface area contributed by atoms with Crippen LogP contribution in [0.1, 0.15) is 85.5 Å². The van der Waals surface area contributed by atoms with Crippen molar-refractivity contribution in [2.45, 2.75) is 83.2 Å². The zero-order valence-corrected chi connectivity index (χ0v) is 30.5. The maximum Gasteiger partial charge on any atom is 0.345 e. The highest BCUT2D eigenvalue weighted by Gasteiger charge is 2.49. The molecular weight excluding hydrogens is 705 g/mol. The van der Waals surface area contributed by atoms with Crippen LogP contribution in [0.4, 0.5) is 0 Å². The van der Waals surface area contributed by atoms with Gasteiger partial charge in [-0.05, 0) is 59.9 Å². The minimum atomic E-state index is -3.63. The van der Waals surface area contributed by atoms with Gasteiger partial charge in [0.2, 0.25) is 10.0 Å². The minimum Gasteiger partial charge on any atom is -0.478 e. The number of ether oxygens (including phenoxy) is 1. The third kappa shape index (κ3) is 8.60. The van der Waals surface area contributed by atoms with E-state index in [2.05, 4.69) is 10.2 Å². The van der Waals surface area contributed by atoms with Gasteiger partial charge in [-0.25, -0.2) is 23.4 Å². The van der Waals surface area contributed by atoms with Crippen molar-refractivity contribution in [3.8, 4) is 5.75 Å². The van der Waals surface area contributed by atoms with Gasteiger partial charge in [-0.3, -0.25) is 14.4 Å². The number of hydroxylamine groups is 1. The first kappa shape index (κ1) is 37.6. The predicted molar refractivity (Wildman–Crippen MR) is 189 cm³/mol. The first-order chi connectivity index (χ1) is 23.5. The normalized spacial score (nSPS) is 21.6. The van der Waals surface area contributed by atoms with Crippen LogP contribution in [0, 0.1) is 5.41 Å². The fourth-order valence-electron chi connectivity index (χ4n) is 6.82. The number of sulfonamides is 1. The van der Waals surface area contributed by atoms with Crippen LogP contribution in [0.2, 0.25) is 10.0 Å². The van der Waals surface area contributed by atoms with E-state index in [0.29, 0.717) is 45.9 Å². The van der Waals surface area contributed by atoms with Gasteiger partial charge < -0.3 is 14.7 Å². The van der Waals surface area contributed by atoms with Gasteiger partial charge in [0.05, 0.1) is 24.8 Å². The van der Waals surface area contributed by atoms with Gasteiger partial charge >= 0.3 is 5.97 Å². The molecule has 5 atom stereocenters. The molecular formula is C36H41Cl2N3O8S. The van der Waals surface area contributed by atoms with E-state index in [1.165, 1.54) is 0 Å². The Labute approximate surface area is 302 Å². The van der Waals surface area contributed by atoms with Crippen LogP contribution in [0.5, 0.6) is 5.75 Å². The van der Waals surface area contributed by atoms with Crippen molar-refractivity contribution in [3.63, 3.8) is 0 Å². The van der Waals surface area contributed by atoms with Crippen LogP contribution in [0.3, 0.4) is 0 Å². The molecule has 2 aliphatic rings. The molecule has 11 nitrogen and oxygen atoms in total. The van der Waals surface area contributed by atoms with Gasteiger partial charge in [-0.2, -0.15) is 0 Å². The highest BCUT2D eigenvalue weighted by molar-refractivity contribution is 7.88. The number of nitrogens with zero attached hydrogens (tertiary/aromatic N) is 1. The summed E-state index contributed by atoms with van der Waals surface area (Å²) in [5, 5.41) is 10.3. The quantitative estimate of drug-likeness (QED) is 0.195. The highest BCUT2D eigenvalue weighted by Crippen LogP contribution is 2.48. The summed E-state index contributed by atoms with van der Waals surface area (Å²) < 4.78 is 33.4. The summed E-state index contributed by atoms with van der Waals surface area (Å²) >= 11 is 13.1. The third-order valence-corrected chi connectivity index (χ3v) is 10.3. The van der Waals surface area contributed by atoms with Crippen LogP contribution in [-0.4, -0.2) is 60.7 Å². The van der Waals surface area contributed by atoms with Crippen molar-refractivity contribution in [3.05, 3.63) is 99.0 Å². The van der Waals surface area contributed by atoms with Crippen molar-refractivity contribution in [2.75, 3.05) is 6.26 Å². The zero-order valence-electron chi connectivity index (χ0n) is 28.2. The molecule has 1 aliphatic heterocycles. The molecule has 2 amide bonds. The smallest absolute Gasteiger partial charge is 0.345 e. The molecule has 50 heavy (non-hydrogen) atoms. The summed E-state index contributed by atoms with van der Waals surface area (Å²) in [7, 11) is -3.63. The van der Waals surface area contributed by atoms with E-state index in [9.17, 15) is 27.9 Å². The lowest BCUT2D eigenvalue weighted by atomic mass is 9.76. The minimum absolute atomic E-state index is 0.0808. The number of fused-ring (bicyclic) bond motifs is 1. The van der Waals surface area contributed by atoms with E-state index in [1.807, 2.05) is 0 Å². The molecule has 0 bridgehead atoms. The summed E-state index contributed by atoms with van der Waals surface area (Å²) in [5.74, 6) is -2.67. The lowest BCUT2D eigenvalue weighted by Crippen LogP contribution is -2.59. The van der Waals surface area contributed by atoms with E-state index < -0.39 is 57.5 Å². The molecule has 1 fully saturated rings. The molecule has 14 heteroatoms. The molecule has 0 spiro atoms. The van der Waals surface area contributed by atoms with Crippen LogP contribution in [-0.2, 0) is 31.1 Å². The molecule has 3 N–H and O–H groups in total. The first-order valence-corrected chi connectivity index (χ1v) is 18.9. The Morgan fingerprint density at radius 3 is 2.40 bits per heavy atom. The molecule has 0 saturated heterocycles. The van der Waals surface area contributed by atoms with E-state index in [4.69, 9.17) is 32.8 Å². The van der Waals surface area contributed by atoms with Crippen molar-refractivity contribution in [1.29, 1.82) is 0 Å². The number of amides is 2. The second kappa shape index (κ2) is 15.3. The maximum absolute atomic E-state index is 14.4. The Kier molecular flexibility index (Phi) is 11.5. The molecule has 268 valence electrons. The Morgan fingerprint density at radius 2 is 1.72 bits per heavy atom. The zero-order chi connectivity index (χ0) is 36.4. The number of rotatable bonds is 11. The molecule has 1 saturated carbocycles. The van der Waals surface area contributed by atoms with Crippen LogP contribution in [0.25, 0.3) is 0 Å². The van der Waals surface area contributed by atoms with Crippen molar-refractivity contribution < 1.29 is 37.5 Å². The van der Waals surface area contributed by atoms with Gasteiger partial charge in [0, 0.05) is 33.1 Å². The summed E-state index contributed by atoms with van der Waals surface area (Å²) in [6, 6.07) is 16.3. The number of nitrogens with one attached hydrogen (secondary N) is 2. The number of carboxylic acid groups (broad SMARTS) is 1. The van der Waals surface area contributed by atoms with E-state index in [0.717, 1.165) is 19.1 Å². The molecule has 5 unspecified atom stereocenters. The lowest BCUT2D eigenvalue weighted by molar-refractivity contribution is -0.150. The third-order valence-electron chi connectivity index (χ3n) is 8.97. The van der Waals surface area contributed by atoms with E-state index in [1.54, 1.807) is 92.4 Å². The van der Waals surface area contributed by atoms with Gasteiger partial charge in [0.15, 0.2) is 6.10 Å². The fourth-order valence-corrected chi connectivity index (χ4v) is 8.17. The number of hydrogen-bond donors (Lipinski definition) is 3. The fraction of sp³-hybridized carbons (Fsp3) is 0.417. The largest absolute Gasteiger partial charge is 0.478 e. The molecule has 0 radical (unpaired) electrons. The molecule has 3 aromatic carbocycles. The van der Waals surface area contributed by atoms with Gasteiger partial charge in [0.25, 0.3) is 11.8 Å². The Balaban J connectivity index is 1.48. The van der Waals surface area contributed by atoms with Gasteiger partial charge in [0.1, 0.15) is 5.75 Å². The number of halogens is 2. The van der Waals surface area contributed by atoms with E-state index >= 15 is 0 Å². The summed E-state index contributed by atoms with van der Waals surface area (Å²) in [5.41, 5.74) is 3.76. The molecule has 5 rings (SSSR count). The van der Waals surface area contributed by atoms with Crippen molar-refractivity contribution >= 4 is 51.0 Å². The maximum atomic E-state index is 14.4. The topological polar surface area (TPSA) is 151 Å². The van der Waals surface area contributed by atoms with Crippen LogP contribution in [0.15, 0.2) is 66.7 Å². The molecule has 3 aromatic rings. The van der Waals surface area contributed by atoms with Crippen LogP contribution >= 0.6 is 23.2 Å². The monoisotopic (exact) mass is 745 g/mol. The number of carbonyl (C=O) groups is 3. The lowest BCUT2D eigenvalue weighted by Gasteiger charge is -2.49. The van der Waals surface area contributed by atoms with E-state index in [-0.39, 0.29) is 17.5 Å². The molecule has 0 aromatic heterocycles. The van der Waals surface area contributed by atoms with Gasteiger partial charge in [-0.1, -0.05) is 93.2 Å². The van der Waals surface area contributed by atoms with Crippen LogP contribution < -0.4 is 14.9 Å². The Bertz CT molecular complexity index is 1870. The second-order valence-electron chi connectivity index (χ2n) is 13.8.